The monoisotopic (exact) mass is 298 g/mol. The minimum Gasteiger partial charge on any atom is -0.493 e. The van der Waals surface area contributed by atoms with Crippen LogP contribution in [0.25, 0.3) is 0 Å². The van der Waals surface area contributed by atoms with Gasteiger partial charge < -0.3 is 4.74 Å². The number of ether oxygens (including phenoxy) is 1. The van der Waals surface area contributed by atoms with Crippen molar-refractivity contribution >= 4 is 35.7 Å². The minimum atomic E-state index is -3.69. The molecular weight excluding hydrogens is 292 g/mol. The third-order valence-corrected chi connectivity index (χ3v) is 3.49. The van der Waals surface area contributed by atoms with Gasteiger partial charge in [-0.25, -0.2) is 8.42 Å². The predicted molar refractivity (Wildman–Crippen MR) is 58.3 cm³/mol. The average molecular weight is 300 g/mol. The molecule has 0 heterocycles. The van der Waals surface area contributed by atoms with Crippen LogP contribution in [-0.4, -0.2) is 15.0 Å². The van der Waals surface area contributed by atoms with Gasteiger partial charge in [-0.2, -0.15) is 0 Å². The number of halogens is 2. The molecule has 0 amide bonds. The molecule has 0 radical (unpaired) electrons. The van der Waals surface area contributed by atoms with E-state index in [1.165, 1.54) is 12.1 Å². The van der Waals surface area contributed by atoms with Gasteiger partial charge in [0.2, 0.25) is 0 Å². The van der Waals surface area contributed by atoms with Gasteiger partial charge in [0.15, 0.2) is 0 Å². The van der Waals surface area contributed by atoms with Crippen molar-refractivity contribution in [2.24, 2.45) is 0 Å². The normalized spacial score (nSPS) is 11.4. The van der Waals surface area contributed by atoms with E-state index in [4.69, 9.17) is 15.4 Å². The molecule has 0 aliphatic rings. The van der Waals surface area contributed by atoms with Crippen LogP contribution in [0.15, 0.2) is 27.6 Å². The topological polar surface area (TPSA) is 43.4 Å². The lowest BCUT2D eigenvalue weighted by molar-refractivity contribution is 0.337. The van der Waals surface area contributed by atoms with Crippen LogP contribution < -0.4 is 4.74 Å². The highest BCUT2D eigenvalue weighted by atomic mass is 79.9. The van der Waals surface area contributed by atoms with Crippen LogP contribution in [0.3, 0.4) is 0 Å². The Labute approximate surface area is 95.6 Å². The maximum atomic E-state index is 11.0. The van der Waals surface area contributed by atoms with Crippen LogP contribution in [0, 0.1) is 0 Å². The van der Waals surface area contributed by atoms with Crippen LogP contribution in [0.1, 0.15) is 6.92 Å². The zero-order valence-electron chi connectivity index (χ0n) is 7.33. The van der Waals surface area contributed by atoms with Crippen molar-refractivity contribution in [2.45, 2.75) is 11.8 Å². The highest BCUT2D eigenvalue weighted by Gasteiger charge is 2.12. The summed E-state index contributed by atoms with van der Waals surface area (Å²) in [6.07, 6.45) is 0. The Bertz CT molecular complexity index is 430. The Balaban J connectivity index is 3.20. The van der Waals surface area contributed by atoms with Crippen LogP contribution in [-0.2, 0) is 9.05 Å². The molecule has 0 saturated carbocycles. The third-order valence-electron chi connectivity index (χ3n) is 1.48. The van der Waals surface area contributed by atoms with E-state index in [1.54, 1.807) is 6.07 Å². The van der Waals surface area contributed by atoms with Gasteiger partial charge in [0.1, 0.15) is 5.75 Å². The zero-order valence-corrected chi connectivity index (χ0v) is 10.5. The fourth-order valence-corrected chi connectivity index (χ4v) is 2.03. The molecule has 0 fully saturated rings. The Kier molecular flexibility index (Phi) is 3.80. The van der Waals surface area contributed by atoms with Crippen molar-refractivity contribution in [1.82, 2.24) is 0 Å². The molecule has 0 unspecified atom stereocenters. The average Bonchev–Trinajstić information content (AvgIpc) is 2.07. The Morgan fingerprint density at radius 3 is 2.64 bits per heavy atom. The molecule has 0 atom stereocenters. The lowest BCUT2D eigenvalue weighted by atomic mass is 10.3. The fraction of sp³-hybridized carbons (Fsp3) is 0.250. The van der Waals surface area contributed by atoms with Crippen molar-refractivity contribution in [3.05, 3.63) is 22.7 Å². The van der Waals surface area contributed by atoms with Gasteiger partial charge in [-0.05, 0) is 35.0 Å². The highest BCUT2D eigenvalue weighted by molar-refractivity contribution is 9.10. The molecule has 0 spiro atoms. The van der Waals surface area contributed by atoms with Gasteiger partial charge in [-0.15, -0.1) is 0 Å². The first-order valence-electron chi connectivity index (χ1n) is 3.82. The van der Waals surface area contributed by atoms with Crippen LogP contribution in [0.2, 0.25) is 0 Å². The van der Waals surface area contributed by atoms with E-state index in [-0.39, 0.29) is 4.90 Å². The predicted octanol–water partition coefficient (Wildman–Crippen LogP) is 2.78. The SMILES string of the molecule is CCOc1cc(S(=O)(=O)Cl)ccc1Br. The molecule has 0 aliphatic heterocycles. The van der Waals surface area contributed by atoms with Crippen molar-refractivity contribution < 1.29 is 13.2 Å². The summed E-state index contributed by atoms with van der Waals surface area (Å²) in [5.41, 5.74) is 0. The second-order valence-electron chi connectivity index (χ2n) is 2.46. The summed E-state index contributed by atoms with van der Waals surface area (Å²) in [6.45, 7) is 2.28. The van der Waals surface area contributed by atoms with Crippen LogP contribution >= 0.6 is 26.6 Å². The molecule has 0 saturated heterocycles. The molecule has 14 heavy (non-hydrogen) atoms. The van der Waals surface area contributed by atoms with Crippen molar-refractivity contribution in [3.63, 3.8) is 0 Å². The second-order valence-corrected chi connectivity index (χ2v) is 5.88. The van der Waals surface area contributed by atoms with Crippen molar-refractivity contribution in [1.29, 1.82) is 0 Å². The molecule has 3 nitrogen and oxygen atoms in total. The van der Waals surface area contributed by atoms with Crippen LogP contribution in [0.4, 0.5) is 0 Å². The fourth-order valence-electron chi connectivity index (χ4n) is 0.901. The first kappa shape index (κ1) is 11.8. The van der Waals surface area contributed by atoms with E-state index in [1.807, 2.05) is 6.92 Å². The molecule has 0 aromatic heterocycles. The third kappa shape index (κ3) is 2.87. The lowest BCUT2D eigenvalue weighted by Gasteiger charge is -2.06. The van der Waals surface area contributed by atoms with E-state index >= 15 is 0 Å². The van der Waals surface area contributed by atoms with Gasteiger partial charge in [0, 0.05) is 16.7 Å². The van der Waals surface area contributed by atoms with Gasteiger partial charge in [0.25, 0.3) is 9.05 Å². The molecular formula is C8H8BrClO3S. The summed E-state index contributed by atoms with van der Waals surface area (Å²) >= 11 is 3.24. The van der Waals surface area contributed by atoms with Crippen LogP contribution in [0.5, 0.6) is 5.75 Å². The summed E-state index contributed by atoms with van der Waals surface area (Å²) in [4.78, 5) is 0.0332. The zero-order chi connectivity index (χ0) is 10.8. The molecule has 1 rings (SSSR count). The van der Waals surface area contributed by atoms with Crippen molar-refractivity contribution in [3.8, 4) is 5.75 Å². The molecule has 0 aliphatic carbocycles. The first-order valence-corrected chi connectivity index (χ1v) is 6.92. The largest absolute Gasteiger partial charge is 0.493 e. The van der Waals surface area contributed by atoms with Crippen molar-refractivity contribution in [2.75, 3.05) is 6.61 Å². The van der Waals surface area contributed by atoms with E-state index in [0.29, 0.717) is 16.8 Å². The molecule has 1 aromatic carbocycles. The van der Waals surface area contributed by atoms with E-state index in [9.17, 15) is 8.42 Å². The molecule has 1 aromatic rings. The smallest absolute Gasteiger partial charge is 0.261 e. The summed E-state index contributed by atoms with van der Waals surface area (Å²) < 4.78 is 27.9. The Morgan fingerprint density at radius 1 is 1.50 bits per heavy atom. The maximum absolute atomic E-state index is 11.0. The highest BCUT2D eigenvalue weighted by Crippen LogP contribution is 2.29. The van der Waals surface area contributed by atoms with E-state index < -0.39 is 9.05 Å². The number of hydrogen-bond acceptors (Lipinski definition) is 3. The molecule has 6 heteroatoms. The Hall–Kier alpha value is -0.260. The van der Waals surface area contributed by atoms with Gasteiger partial charge in [-0.1, -0.05) is 0 Å². The standard InChI is InChI=1S/C8H8BrClO3S/c1-2-13-8-5-6(14(10,11)12)3-4-7(8)9/h3-5H,2H2,1H3. The molecule has 78 valence electrons. The summed E-state index contributed by atoms with van der Waals surface area (Å²) in [5, 5.41) is 0. The quantitative estimate of drug-likeness (QED) is 0.806. The second kappa shape index (κ2) is 4.51. The Morgan fingerprint density at radius 2 is 2.14 bits per heavy atom. The number of hydrogen-bond donors (Lipinski definition) is 0. The van der Waals surface area contributed by atoms with E-state index in [2.05, 4.69) is 15.9 Å². The number of benzene rings is 1. The summed E-state index contributed by atoms with van der Waals surface area (Å²) in [7, 11) is 1.50. The van der Waals surface area contributed by atoms with Gasteiger partial charge in [0.05, 0.1) is 16.0 Å². The lowest BCUT2D eigenvalue weighted by Crippen LogP contribution is -1.96. The van der Waals surface area contributed by atoms with E-state index in [0.717, 1.165) is 0 Å². The van der Waals surface area contributed by atoms with Gasteiger partial charge in [-0.3, -0.25) is 0 Å². The summed E-state index contributed by atoms with van der Waals surface area (Å²) in [5.74, 6) is 0.467. The first-order chi connectivity index (χ1) is 6.45. The maximum Gasteiger partial charge on any atom is 0.261 e. The van der Waals surface area contributed by atoms with Gasteiger partial charge >= 0.3 is 0 Å². The minimum absolute atomic E-state index is 0.0332. The molecule has 0 bridgehead atoms. The molecule has 0 N–H and O–H groups in total. The number of rotatable bonds is 3. The summed E-state index contributed by atoms with van der Waals surface area (Å²) in [6, 6.07) is 4.38.